The molecule has 0 radical (unpaired) electrons. The number of rotatable bonds is 1. The molecule has 0 amide bonds. The normalized spacial score (nSPS) is 25.1. The van der Waals surface area contributed by atoms with Crippen molar-refractivity contribution in [2.75, 3.05) is 13.1 Å². The highest BCUT2D eigenvalue weighted by Gasteiger charge is 2.38. The summed E-state index contributed by atoms with van der Waals surface area (Å²) in [4.78, 5) is 12.6. The van der Waals surface area contributed by atoms with E-state index >= 15 is 0 Å². The minimum absolute atomic E-state index is 0.0288. The van der Waals surface area contributed by atoms with Gasteiger partial charge in [-0.15, -0.1) is 0 Å². The lowest BCUT2D eigenvalue weighted by Gasteiger charge is -2.36. The van der Waals surface area contributed by atoms with Crippen molar-refractivity contribution < 1.29 is 14.3 Å². The van der Waals surface area contributed by atoms with Crippen molar-refractivity contribution in [2.45, 2.75) is 38.9 Å². The zero-order valence-corrected chi connectivity index (χ0v) is 12.9. The Balaban J connectivity index is 1.68. The monoisotopic (exact) mass is 299 g/mol. The van der Waals surface area contributed by atoms with E-state index in [0.717, 1.165) is 54.8 Å². The molecular formula is C18H21NO3. The fraction of sp³-hybridized carbons (Fsp3) is 0.500. The van der Waals surface area contributed by atoms with Crippen LogP contribution in [0.25, 0.3) is 5.57 Å². The molecule has 4 nitrogen and oxygen atoms in total. The number of hydrogen-bond acceptors (Lipinski definition) is 4. The van der Waals surface area contributed by atoms with Crippen molar-refractivity contribution in [3.05, 3.63) is 40.6 Å². The molecule has 1 atom stereocenters. The van der Waals surface area contributed by atoms with Gasteiger partial charge in [0.15, 0.2) is 0 Å². The molecule has 0 aliphatic carbocycles. The van der Waals surface area contributed by atoms with Gasteiger partial charge in [-0.2, -0.15) is 0 Å². The fourth-order valence-corrected chi connectivity index (χ4v) is 3.86. The number of ether oxygens (including phenoxy) is 2. The number of aryl methyl sites for hydroxylation is 1. The van der Waals surface area contributed by atoms with Crippen molar-refractivity contribution in [3.8, 4) is 0 Å². The van der Waals surface area contributed by atoms with Crippen molar-refractivity contribution in [1.29, 1.82) is 0 Å². The van der Waals surface area contributed by atoms with Crippen LogP contribution in [0.1, 0.15) is 36.0 Å². The van der Waals surface area contributed by atoms with Crippen molar-refractivity contribution >= 4 is 11.5 Å². The van der Waals surface area contributed by atoms with Crippen LogP contribution in [0.4, 0.5) is 0 Å². The molecule has 116 valence electrons. The molecule has 3 aliphatic heterocycles. The van der Waals surface area contributed by atoms with Crippen LogP contribution in [0.2, 0.25) is 0 Å². The number of benzene rings is 1. The van der Waals surface area contributed by atoms with E-state index < -0.39 is 0 Å². The fourth-order valence-electron chi connectivity index (χ4n) is 3.86. The lowest BCUT2D eigenvalue weighted by atomic mass is 9.85. The Morgan fingerprint density at radius 1 is 1.23 bits per heavy atom. The van der Waals surface area contributed by atoms with Crippen LogP contribution in [-0.4, -0.2) is 25.2 Å². The summed E-state index contributed by atoms with van der Waals surface area (Å²) in [6, 6.07) is 6.08. The maximum absolute atomic E-state index is 12.6. The number of fused-ring (bicyclic) bond motifs is 2. The van der Waals surface area contributed by atoms with Gasteiger partial charge >= 0.3 is 5.97 Å². The summed E-state index contributed by atoms with van der Waals surface area (Å²) in [6.45, 7) is 4.61. The molecule has 1 N–H and O–H groups in total. The van der Waals surface area contributed by atoms with Crippen LogP contribution in [0.15, 0.2) is 24.0 Å². The Labute approximate surface area is 130 Å². The summed E-state index contributed by atoms with van der Waals surface area (Å²) in [5, 5.41) is 3.36. The minimum Gasteiger partial charge on any atom is -0.492 e. The van der Waals surface area contributed by atoms with Gasteiger partial charge in [0.2, 0.25) is 0 Å². The van der Waals surface area contributed by atoms with E-state index in [9.17, 15) is 4.79 Å². The molecule has 4 heteroatoms. The van der Waals surface area contributed by atoms with Crippen molar-refractivity contribution in [2.24, 2.45) is 5.92 Å². The predicted octanol–water partition coefficient (Wildman–Crippen LogP) is 2.55. The van der Waals surface area contributed by atoms with Gasteiger partial charge in [-0.25, -0.2) is 4.79 Å². The molecule has 1 saturated heterocycles. The molecule has 1 fully saturated rings. The molecule has 1 unspecified atom stereocenters. The average Bonchev–Trinajstić information content (AvgIpc) is 2.55. The molecule has 22 heavy (non-hydrogen) atoms. The quantitative estimate of drug-likeness (QED) is 0.810. The standard InChI is InChI=1S/C18H21NO3/c1-11-3-2-4-13-10-21-15-9-14(12-5-7-19-8-6-12)22-18(20)17(15)16(11)13/h2-4,12,14,19H,5-10H2,1H3. The Hall–Kier alpha value is -1.81. The number of carbonyl (C=O) groups excluding carboxylic acids is 1. The van der Waals surface area contributed by atoms with E-state index in [2.05, 4.69) is 5.32 Å². The first-order valence-electron chi connectivity index (χ1n) is 8.10. The van der Waals surface area contributed by atoms with Crippen LogP contribution in [0.5, 0.6) is 0 Å². The molecule has 0 bridgehead atoms. The molecular weight excluding hydrogens is 278 g/mol. The summed E-state index contributed by atoms with van der Waals surface area (Å²) in [7, 11) is 0. The van der Waals surface area contributed by atoms with Crippen LogP contribution in [0.3, 0.4) is 0 Å². The maximum atomic E-state index is 12.6. The topological polar surface area (TPSA) is 47.6 Å². The molecule has 4 rings (SSSR count). The number of cyclic esters (lactones) is 1. The third kappa shape index (κ3) is 2.22. The lowest BCUT2D eigenvalue weighted by Crippen LogP contribution is -2.39. The Morgan fingerprint density at radius 2 is 2.05 bits per heavy atom. The number of piperidine rings is 1. The number of nitrogens with one attached hydrogen (secondary N) is 1. The zero-order valence-electron chi connectivity index (χ0n) is 12.9. The highest BCUT2D eigenvalue weighted by Crippen LogP contribution is 2.40. The Morgan fingerprint density at radius 3 is 2.86 bits per heavy atom. The van der Waals surface area contributed by atoms with Gasteiger partial charge in [0.25, 0.3) is 0 Å². The van der Waals surface area contributed by atoms with Crippen molar-refractivity contribution in [3.63, 3.8) is 0 Å². The molecule has 1 aromatic carbocycles. The minimum atomic E-state index is -0.208. The molecule has 1 aromatic rings. The summed E-state index contributed by atoms with van der Waals surface area (Å²) < 4.78 is 11.7. The Bertz CT molecular complexity index is 644. The van der Waals surface area contributed by atoms with Crippen LogP contribution in [0, 0.1) is 12.8 Å². The maximum Gasteiger partial charge on any atom is 0.342 e. The molecule has 0 spiro atoms. The van der Waals surface area contributed by atoms with Gasteiger partial charge in [-0.3, -0.25) is 0 Å². The van der Waals surface area contributed by atoms with Gasteiger partial charge in [0, 0.05) is 12.0 Å². The van der Waals surface area contributed by atoms with E-state index in [1.165, 1.54) is 0 Å². The van der Waals surface area contributed by atoms with E-state index in [1.54, 1.807) is 0 Å². The number of carbonyl (C=O) groups is 1. The highest BCUT2D eigenvalue weighted by molar-refractivity contribution is 6.19. The van der Waals surface area contributed by atoms with Crippen LogP contribution in [-0.2, 0) is 20.9 Å². The van der Waals surface area contributed by atoms with E-state index in [1.807, 2.05) is 25.1 Å². The second-order valence-electron chi connectivity index (χ2n) is 6.43. The Kier molecular flexibility index (Phi) is 3.41. The van der Waals surface area contributed by atoms with E-state index in [-0.39, 0.29) is 12.1 Å². The third-order valence-corrected chi connectivity index (χ3v) is 5.05. The third-order valence-electron chi connectivity index (χ3n) is 5.05. The van der Waals surface area contributed by atoms with E-state index in [0.29, 0.717) is 18.1 Å². The first-order valence-corrected chi connectivity index (χ1v) is 8.10. The first kappa shape index (κ1) is 13.8. The van der Waals surface area contributed by atoms with E-state index in [4.69, 9.17) is 9.47 Å². The summed E-state index contributed by atoms with van der Waals surface area (Å²) in [5.74, 6) is 1.07. The predicted molar refractivity (Wildman–Crippen MR) is 83.0 cm³/mol. The molecule has 3 aliphatic rings. The van der Waals surface area contributed by atoms with Gasteiger partial charge in [0.05, 0.1) is 0 Å². The lowest BCUT2D eigenvalue weighted by molar-refractivity contribution is -0.147. The number of hydrogen-bond donors (Lipinski definition) is 1. The zero-order chi connectivity index (χ0) is 15.1. The largest absolute Gasteiger partial charge is 0.492 e. The number of esters is 1. The van der Waals surface area contributed by atoms with Crippen LogP contribution < -0.4 is 5.32 Å². The molecule has 0 saturated carbocycles. The smallest absolute Gasteiger partial charge is 0.342 e. The second-order valence-corrected chi connectivity index (χ2v) is 6.43. The molecule has 0 aromatic heterocycles. The van der Waals surface area contributed by atoms with Gasteiger partial charge in [-0.1, -0.05) is 18.2 Å². The second kappa shape index (κ2) is 5.43. The average molecular weight is 299 g/mol. The van der Waals surface area contributed by atoms with Gasteiger partial charge < -0.3 is 14.8 Å². The van der Waals surface area contributed by atoms with Crippen LogP contribution >= 0.6 is 0 Å². The SMILES string of the molecule is Cc1cccc2c1C1=C(CC(C3CCNCC3)OC1=O)OC2. The van der Waals surface area contributed by atoms with Gasteiger partial charge in [0.1, 0.15) is 24.0 Å². The summed E-state index contributed by atoms with van der Waals surface area (Å²) >= 11 is 0. The van der Waals surface area contributed by atoms with Crippen molar-refractivity contribution in [1.82, 2.24) is 5.32 Å². The first-order chi connectivity index (χ1) is 10.7. The highest BCUT2D eigenvalue weighted by atomic mass is 16.6. The molecule has 3 heterocycles. The summed E-state index contributed by atoms with van der Waals surface area (Å²) in [5.41, 5.74) is 3.88. The summed E-state index contributed by atoms with van der Waals surface area (Å²) in [6.07, 6.45) is 2.82. The van der Waals surface area contributed by atoms with Gasteiger partial charge in [-0.05, 0) is 49.9 Å².